The zero-order chi connectivity index (χ0) is 16.1. The molecule has 6 heteroatoms. The van der Waals surface area contributed by atoms with Gasteiger partial charge in [0.05, 0.1) is 0 Å². The highest BCUT2D eigenvalue weighted by atomic mass is 32.2. The number of benzene rings is 1. The number of fused-ring (bicyclic) bond motifs is 2. The summed E-state index contributed by atoms with van der Waals surface area (Å²) < 4.78 is 33.6. The fourth-order valence-electron chi connectivity index (χ4n) is 3.79. The van der Waals surface area contributed by atoms with Crippen molar-refractivity contribution in [3.05, 3.63) is 33.9 Å². The summed E-state index contributed by atoms with van der Waals surface area (Å²) in [6, 6.07) is 1.74. The molecular formula is C16H18N2O3S. The normalized spacial score (nSPS) is 20.5. The molecule has 0 heterocycles. The molecule has 3 rings (SSSR count). The predicted molar refractivity (Wildman–Crippen MR) is 85.6 cm³/mol. The summed E-state index contributed by atoms with van der Waals surface area (Å²) in [4.78, 5) is -0.221. The third-order valence-corrected chi connectivity index (χ3v) is 5.70. The minimum absolute atomic E-state index is 0.100. The lowest BCUT2D eigenvalue weighted by atomic mass is 9.89. The maximum atomic E-state index is 11.9. The Morgan fingerprint density at radius 1 is 1.23 bits per heavy atom. The molecular weight excluding hydrogens is 300 g/mol. The number of nitrogens with one attached hydrogen (secondary N) is 2. The molecule has 22 heavy (non-hydrogen) atoms. The lowest BCUT2D eigenvalue weighted by Gasteiger charge is -2.19. The molecule has 1 fully saturated rings. The van der Waals surface area contributed by atoms with Crippen LogP contribution >= 0.6 is 0 Å². The summed E-state index contributed by atoms with van der Waals surface area (Å²) in [5.41, 5.74) is 4.00. The predicted octanol–water partition coefficient (Wildman–Crippen LogP) is 3.19. The molecule has 3 N–H and O–H groups in total. The first kappa shape index (κ1) is 15.1. The van der Waals surface area contributed by atoms with Crippen molar-refractivity contribution in [3.63, 3.8) is 0 Å². The van der Waals surface area contributed by atoms with Gasteiger partial charge in [-0.05, 0) is 61.3 Å². The summed E-state index contributed by atoms with van der Waals surface area (Å²) in [6.45, 7) is 1.79. The smallest absolute Gasteiger partial charge is 0.295 e. The van der Waals surface area contributed by atoms with E-state index in [1.165, 1.54) is 5.57 Å². The van der Waals surface area contributed by atoms with Crippen molar-refractivity contribution >= 4 is 28.1 Å². The van der Waals surface area contributed by atoms with E-state index in [1.54, 1.807) is 13.0 Å². The molecule has 0 saturated heterocycles. The van der Waals surface area contributed by atoms with Gasteiger partial charge in [0, 0.05) is 23.6 Å². The third kappa shape index (κ3) is 2.23. The highest BCUT2D eigenvalue weighted by Crippen LogP contribution is 2.49. The molecule has 2 aliphatic rings. The number of aryl methyl sites for hydroxylation is 1. The van der Waals surface area contributed by atoms with E-state index in [4.69, 9.17) is 10.8 Å². The van der Waals surface area contributed by atoms with E-state index in [0.717, 1.165) is 49.2 Å². The summed E-state index contributed by atoms with van der Waals surface area (Å²) in [5, 5.41) is 15.0. The molecule has 2 bridgehead atoms. The Hall–Kier alpha value is -1.79. The molecule has 1 atom stereocenters. The van der Waals surface area contributed by atoms with Crippen LogP contribution in [0.4, 0.5) is 0 Å². The monoisotopic (exact) mass is 318 g/mol. The van der Waals surface area contributed by atoms with Crippen LogP contribution in [-0.4, -0.2) is 25.4 Å². The van der Waals surface area contributed by atoms with Crippen LogP contribution in [0.5, 0.6) is 0 Å². The van der Waals surface area contributed by atoms with Crippen LogP contribution in [-0.2, 0) is 10.1 Å². The molecule has 5 nitrogen and oxygen atoms in total. The van der Waals surface area contributed by atoms with E-state index < -0.39 is 10.1 Å². The average Bonchev–Trinajstić information content (AvgIpc) is 3.07. The fraction of sp³-hybridized carbons (Fsp3) is 0.375. The Bertz CT molecular complexity index is 822. The van der Waals surface area contributed by atoms with Gasteiger partial charge in [0.2, 0.25) is 0 Å². The van der Waals surface area contributed by atoms with Gasteiger partial charge in [-0.2, -0.15) is 8.42 Å². The largest absolute Gasteiger partial charge is 0.308 e. The number of hydrogen-bond acceptors (Lipinski definition) is 4. The minimum Gasteiger partial charge on any atom is -0.308 e. The van der Waals surface area contributed by atoms with Gasteiger partial charge in [-0.1, -0.05) is 5.57 Å². The van der Waals surface area contributed by atoms with Gasteiger partial charge in [0.1, 0.15) is 4.90 Å². The van der Waals surface area contributed by atoms with Gasteiger partial charge in [0.25, 0.3) is 10.1 Å². The Morgan fingerprint density at radius 2 is 1.91 bits per heavy atom. The number of hydrogen-bond donors (Lipinski definition) is 3. The molecule has 1 aromatic rings. The highest BCUT2D eigenvalue weighted by molar-refractivity contribution is 7.86. The lowest BCUT2D eigenvalue weighted by molar-refractivity contribution is 0.482. The van der Waals surface area contributed by atoms with Gasteiger partial charge in [-0.15, -0.1) is 0 Å². The van der Waals surface area contributed by atoms with E-state index >= 15 is 0 Å². The maximum Gasteiger partial charge on any atom is 0.295 e. The molecule has 1 unspecified atom stereocenters. The molecule has 0 spiro atoms. The van der Waals surface area contributed by atoms with Crippen molar-refractivity contribution in [2.75, 3.05) is 0 Å². The van der Waals surface area contributed by atoms with Crippen molar-refractivity contribution in [3.8, 4) is 0 Å². The second-order valence-corrected chi connectivity index (χ2v) is 7.41. The first-order valence-electron chi connectivity index (χ1n) is 7.24. The average molecular weight is 318 g/mol. The molecule has 0 aliphatic heterocycles. The van der Waals surface area contributed by atoms with Gasteiger partial charge in [-0.25, -0.2) is 0 Å². The number of rotatable bonds is 4. The van der Waals surface area contributed by atoms with Crippen LogP contribution in [0.25, 0.3) is 5.57 Å². The highest BCUT2D eigenvalue weighted by Gasteiger charge is 2.34. The zero-order valence-corrected chi connectivity index (χ0v) is 13.1. The summed E-state index contributed by atoms with van der Waals surface area (Å²) >= 11 is 0. The Balaban J connectivity index is 2.38. The van der Waals surface area contributed by atoms with Crippen LogP contribution in [0.3, 0.4) is 0 Å². The molecule has 0 amide bonds. The fourth-order valence-corrected chi connectivity index (χ4v) is 4.70. The van der Waals surface area contributed by atoms with E-state index in [9.17, 15) is 13.0 Å². The molecule has 0 radical (unpaired) electrons. The van der Waals surface area contributed by atoms with Crippen molar-refractivity contribution in [1.29, 1.82) is 10.8 Å². The molecule has 2 aliphatic carbocycles. The Kier molecular flexibility index (Phi) is 3.53. The van der Waals surface area contributed by atoms with E-state index in [0.29, 0.717) is 17.0 Å². The first-order chi connectivity index (χ1) is 10.4. The topological polar surface area (TPSA) is 102 Å². The SMILES string of the molecule is Cc1cc(C2=C3CCC(C3)C2)c(S(=O)(=O)O)c(C=N)c1C=N. The third-order valence-electron chi connectivity index (χ3n) is 4.75. The minimum atomic E-state index is -4.47. The van der Waals surface area contributed by atoms with Crippen molar-refractivity contribution in [2.45, 2.75) is 37.5 Å². The molecule has 1 saturated carbocycles. The Morgan fingerprint density at radius 3 is 2.36 bits per heavy atom. The Labute approximate surface area is 129 Å². The van der Waals surface area contributed by atoms with Gasteiger partial charge < -0.3 is 10.8 Å². The summed E-state index contributed by atoms with van der Waals surface area (Å²) in [7, 11) is -4.47. The summed E-state index contributed by atoms with van der Waals surface area (Å²) in [6.07, 6.45) is 5.92. The van der Waals surface area contributed by atoms with Crippen LogP contribution < -0.4 is 0 Å². The second-order valence-electron chi connectivity index (χ2n) is 6.06. The van der Waals surface area contributed by atoms with Gasteiger partial charge >= 0.3 is 0 Å². The van der Waals surface area contributed by atoms with E-state index in [1.807, 2.05) is 0 Å². The maximum absolute atomic E-state index is 11.9. The van der Waals surface area contributed by atoms with Crippen molar-refractivity contribution in [1.82, 2.24) is 0 Å². The van der Waals surface area contributed by atoms with Crippen molar-refractivity contribution < 1.29 is 13.0 Å². The van der Waals surface area contributed by atoms with Crippen LogP contribution in [0.15, 0.2) is 16.5 Å². The first-order valence-corrected chi connectivity index (χ1v) is 8.68. The van der Waals surface area contributed by atoms with Gasteiger partial charge in [-0.3, -0.25) is 4.55 Å². The summed E-state index contributed by atoms with van der Waals surface area (Å²) in [5.74, 6) is 0.574. The number of allylic oxidation sites excluding steroid dienone is 2. The van der Waals surface area contributed by atoms with E-state index in [-0.39, 0.29) is 10.5 Å². The van der Waals surface area contributed by atoms with Gasteiger partial charge in [0.15, 0.2) is 0 Å². The molecule has 116 valence electrons. The second kappa shape index (κ2) is 5.14. The van der Waals surface area contributed by atoms with Crippen LogP contribution in [0.1, 0.15) is 47.9 Å². The quantitative estimate of drug-likeness (QED) is 0.587. The zero-order valence-electron chi connectivity index (χ0n) is 12.3. The van der Waals surface area contributed by atoms with Crippen molar-refractivity contribution in [2.24, 2.45) is 5.92 Å². The van der Waals surface area contributed by atoms with E-state index in [2.05, 4.69) is 0 Å². The van der Waals surface area contributed by atoms with Crippen LogP contribution in [0.2, 0.25) is 0 Å². The molecule has 0 aromatic heterocycles. The molecule has 1 aromatic carbocycles. The lowest BCUT2D eigenvalue weighted by Crippen LogP contribution is -2.12. The van der Waals surface area contributed by atoms with Crippen LogP contribution in [0, 0.1) is 23.7 Å². The standard InChI is InChI=1S/C16H18N2O3S/c1-9-4-13(12-6-10-2-3-11(12)5-10)16(22(19,20)21)15(8-18)14(9)7-17/h4,7-8,10,17-18H,2-3,5-6H2,1H3,(H,19,20,21).